The monoisotopic (exact) mass is 607 g/mol. The van der Waals surface area contributed by atoms with Crippen molar-refractivity contribution in [3.63, 3.8) is 0 Å². The van der Waals surface area contributed by atoms with Gasteiger partial charge >= 0.3 is 11.9 Å². The van der Waals surface area contributed by atoms with Crippen LogP contribution in [0, 0.1) is 17.7 Å². The number of carbonyl (C=O) groups is 4. The summed E-state index contributed by atoms with van der Waals surface area (Å²) in [6.07, 6.45) is 3.77. The number of aliphatic carboxylic acids is 2. The molecule has 2 saturated heterocycles. The molecule has 2 aliphatic carbocycles. The maximum atomic E-state index is 14.0. The van der Waals surface area contributed by atoms with Crippen LogP contribution in [0.1, 0.15) is 44.9 Å². The number of fused-ring (bicyclic) bond motifs is 1. The summed E-state index contributed by atoms with van der Waals surface area (Å²) >= 11 is 0. The first-order valence-corrected chi connectivity index (χ1v) is 14.8. The van der Waals surface area contributed by atoms with Gasteiger partial charge in [0.25, 0.3) is 0 Å². The van der Waals surface area contributed by atoms with Crippen LogP contribution >= 0.6 is 0 Å². The highest BCUT2D eigenvalue weighted by Crippen LogP contribution is 2.39. The van der Waals surface area contributed by atoms with Crippen LogP contribution in [-0.2, 0) is 19.2 Å². The molecule has 1 aromatic rings. The number of alkyl halides is 1. The van der Waals surface area contributed by atoms with Crippen LogP contribution in [0.5, 0.6) is 5.75 Å². The van der Waals surface area contributed by atoms with Crippen molar-refractivity contribution in [3.05, 3.63) is 36.2 Å². The number of amides is 2. The van der Waals surface area contributed by atoms with E-state index in [9.17, 15) is 33.1 Å². The Morgan fingerprint density at radius 1 is 0.930 bits per heavy atom. The highest BCUT2D eigenvalue weighted by Gasteiger charge is 2.52. The quantitative estimate of drug-likeness (QED) is 0.283. The number of aliphatic hydroxyl groups excluding tert-OH is 1. The summed E-state index contributed by atoms with van der Waals surface area (Å²) in [6.45, 7) is 4.13. The SMILES string of the molecule is O=C(O)/C=C\C(=O)O.O=C1C2CC(O)C(F)CC2C(=O)N1CCCN1CCN(c2cc(F)ccc2OC2CCCC2)CC1. The lowest BCUT2D eigenvalue weighted by molar-refractivity contribution is -0.140. The Morgan fingerprint density at radius 2 is 1.53 bits per heavy atom. The number of hydrogen-bond acceptors (Lipinski definition) is 8. The number of carboxylic acids is 2. The van der Waals surface area contributed by atoms with Crippen LogP contribution in [0.4, 0.5) is 14.5 Å². The van der Waals surface area contributed by atoms with Crippen molar-refractivity contribution in [3.8, 4) is 5.75 Å². The Kier molecular flexibility index (Phi) is 11.1. The average molecular weight is 608 g/mol. The van der Waals surface area contributed by atoms with Crippen LogP contribution in [0.3, 0.4) is 0 Å². The number of likely N-dealkylation sites (tertiary alicyclic amines) is 1. The largest absolute Gasteiger partial charge is 0.488 e. The van der Waals surface area contributed by atoms with Crippen LogP contribution < -0.4 is 9.64 Å². The molecule has 2 saturated carbocycles. The van der Waals surface area contributed by atoms with Gasteiger partial charge < -0.3 is 25.0 Å². The van der Waals surface area contributed by atoms with E-state index in [0.29, 0.717) is 25.1 Å². The van der Waals surface area contributed by atoms with Crippen molar-refractivity contribution in [1.82, 2.24) is 9.80 Å². The first-order valence-electron chi connectivity index (χ1n) is 14.8. The summed E-state index contributed by atoms with van der Waals surface area (Å²) in [7, 11) is 0. The average Bonchev–Trinajstić information content (AvgIpc) is 3.56. The number of carboxylic acid groups (broad SMARTS) is 2. The van der Waals surface area contributed by atoms with Gasteiger partial charge in [-0.2, -0.15) is 0 Å². The van der Waals surface area contributed by atoms with Gasteiger partial charge in [0.05, 0.1) is 29.7 Å². The molecule has 43 heavy (non-hydrogen) atoms. The van der Waals surface area contributed by atoms with E-state index >= 15 is 0 Å². The predicted molar refractivity (Wildman–Crippen MR) is 151 cm³/mol. The van der Waals surface area contributed by atoms with Gasteiger partial charge in [-0.25, -0.2) is 18.4 Å². The second-order valence-electron chi connectivity index (χ2n) is 11.4. The molecule has 2 aliphatic heterocycles. The van der Waals surface area contributed by atoms with Gasteiger partial charge in [0, 0.05) is 50.9 Å². The van der Waals surface area contributed by atoms with Gasteiger partial charge in [-0.05, 0) is 63.6 Å². The number of ether oxygens (including phenoxy) is 1. The Morgan fingerprint density at radius 3 is 2.14 bits per heavy atom. The minimum absolute atomic E-state index is 0.0292. The molecular formula is C30H39F2N3O8. The first kappa shape index (κ1) is 32.3. The summed E-state index contributed by atoms with van der Waals surface area (Å²) in [5.74, 6) is -3.80. The molecule has 4 atom stereocenters. The number of nitrogens with zero attached hydrogens (tertiary/aromatic N) is 3. The second kappa shape index (κ2) is 14.7. The van der Waals surface area contributed by atoms with Crippen molar-refractivity contribution in [2.24, 2.45) is 11.8 Å². The molecule has 4 fully saturated rings. The van der Waals surface area contributed by atoms with Crippen LogP contribution in [-0.4, -0.2) is 107 Å². The van der Waals surface area contributed by atoms with Crippen molar-refractivity contribution in [2.45, 2.75) is 63.3 Å². The molecule has 5 rings (SSSR count). The molecule has 2 heterocycles. The molecule has 236 valence electrons. The van der Waals surface area contributed by atoms with E-state index in [1.54, 1.807) is 12.1 Å². The number of piperazine rings is 1. The third-order valence-corrected chi connectivity index (χ3v) is 8.50. The zero-order valence-electron chi connectivity index (χ0n) is 23.9. The highest BCUT2D eigenvalue weighted by atomic mass is 19.1. The summed E-state index contributed by atoms with van der Waals surface area (Å²) in [4.78, 5) is 50.2. The Hall–Kier alpha value is -3.58. The molecule has 1 aromatic carbocycles. The van der Waals surface area contributed by atoms with E-state index in [4.69, 9.17) is 14.9 Å². The molecule has 2 amide bonds. The molecule has 0 bridgehead atoms. The molecule has 3 N–H and O–H groups in total. The van der Waals surface area contributed by atoms with Gasteiger partial charge in [0.2, 0.25) is 11.8 Å². The lowest BCUT2D eigenvalue weighted by atomic mass is 9.78. The number of hydrogen-bond donors (Lipinski definition) is 3. The number of benzene rings is 1. The van der Waals surface area contributed by atoms with Gasteiger partial charge in [-0.15, -0.1) is 0 Å². The maximum absolute atomic E-state index is 14.0. The second-order valence-corrected chi connectivity index (χ2v) is 11.4. The lowest BCUT2D eigenvalue weighted by Gasteiger charge is -2.37. The number of carbonyl (C=O) groups excluding carboxylic acids is 2. The first-order chi connectivity index (χ1) is 20.5. The van der Waals surface area contributed by atoms with E-state index in [0.717, 1.165) is 57.0 Å². The van der Waals surface area contributed by atoms with E-state index in [2.05, 4.69) is 9.80 Å². The third-order valence-electron chi connectivity index (χ3n) is 8.50. The van der Waals surface area contributed by atoms with Crippen molar-refractivity contribution < 1.29 is 48.0 Å². The van der Waals surface area contributed by atoms with Crippen LogP contribution in [0.15, 0.2) is 30.4 Å². The third kappa shape index (κ3) is 8.50. The fourth-order valence-corrected chi connectivity index (χ4v) is 6.24. The minimum atomic E-state index is -1.44. The van der Waals surface area contributed by atoms with Crippen LogP contribution in [0.2, 0.25) is 0 Å². The number of anilines is 1. The van der Waals surface area contributed by atoms with E-state index in [1.165, 1.54) is 23.8 Å². The molecule has 0 spiro atoms. The number of aliphatic hydroxyl groups is 1. The van der Waals surface area contributed by atoms with Gasteiger partial charge in [-0.3, -0.25) is 19.4 Å². The predicted octanol–water partition coefficient (Wildman–Crippen LogP) is 2.46. The van der Waals surface area contributed by atoms with Gasteiger partial charge in [-0.1, -0.05) is 0 Å². The standard InChI is InChI=1S/C26H35F2N3O4.C4H4O4/c27-17-6-7-24(35-18-4-1-2-5-18)22(14-17)30-12-10-29(11-13-30)8-3-9-31-25(33)19-15-21(28)23(32)16-20(19)26(31)34;5-3(6)1-2-4(7)8/h6-7,14,18-21,23,32H,1-5,8-13,15-16H2;1-2H,(H,5,6)(H,7,8)/b;2-1-. The number of imide groups is 1. The number of halogens is 2. The van der Waals surface area contributed by atoms with Gasteiger partial charge in [0.15, 0.2) is 0 Å². The number of rotatable bonds is 9. The summed E-state index contributed by atoms with van der Waals surface area (Å²) in [5, 5.41) is 25.4. The normalized spacial score (nSPS) is 26.4. The lowest BCUT2D eigenvalue weighted by Crippen LogP contribution is -2.47. The van der Waals surface area contributed by atoms with Crippen molar-refractivity contribution in [2.75, 3.05) is 44.2 Å². The Bertz CT molecular complexity index is 1160. The van der Waals surface area contributed by atoms with Crippen molar-refractivity contribution in [1.29, 1.82) is 0 Å². The molecule has 4 aliphatic rings. The fourth-order valence-electron chi connectivity index (χ4n) is 6.24. The smallest absolute Gasteiger partial charge is 0.328 e. The molecular weight excluding hydrogens is 568 g/mol. The zero-order chi connectivity index (χ0) is 31.1. The van der Waals surface area contributed by atoms with E-state index in [1.807, 2.05) is 0 Å². The molecule has 13 heteroatoms. The summed E-state index contributed by atoms with van der Waals surface area (Å²) in [6, 6.07) is 4.75. The van der Waals surface area contributed by atoms with Crippen LogP contribution in [0.25, 0.3) is 0 Å². The zero-order valence-corrected chi connectivity index (χ0v) is 23.9. The van der Waals surface area contributed by atoms with Crippen molar-refractivity contribution >= 4 is 29.4 Å². The molecule has 0 aromatic heterocycles. The van der Waals surface area contributed by atoms with E-state index < -0.39 is 36.1 Å². The molecule has 4 unspecified atom stereocenters. The molecule has 0 radical (unpaired) electrons. The maximum Gasteiger partial charge on any atom is 0.328 e. The molecule has 11 nitrogen and oxygen atoms in total. The Labute approximate surface area is 248 Å². The summed E-state index contributed by atoms with van der Waals surface area (Å²) < 4.78 is 34.1. The van der Waals surface area contributed by atoms with E-state index in [-0.39, 0.29) is 36.6 Å². The fraction of sp³-hybridized carbons (Fsp3) is 0.600. The van der Waals surface area contributed by atoms with Gasteiger partial charge in [0.1, 0.15) is 17.7 Å². The minimum Gasteiger partial charge on any atom is -0.488 e. The summed E-state index contributed by atoms with van der Waals surface area (Å²) in [5.41, 5.74) is 0.806. The Balaban J connectivity index is 0.000000467. The highest BCUT2D eigenvalue weighted by molar-refractivity contribution is 6.05. The topological polar surface area (TPSA) is 148 Å².